The summed E-state index contributed by atoms with van der Waals surface area (Å²) >= 11 is 0. The van der Waals surface area contributed by atoms with Crippen molar-refractivity contribution in [2.24, 2.45) is 0 Å². The molecule has 5 rings (SSSR count). The molecule has 0 amide bonds. The number of nitrogens with zero attached hydrogens (tertiary/aromatic N) is 3. The molecule has 4 aromatic rings. The van der Waals surface area contributed by atoms with Crippen molar-refractivity contribution in [1.82, 2.24) is 14.4 Å². The molecule has 0 aliphatic carbocycles. The first-order valence-electron chi connectivity index (χ1n) is 7.00. The average molecular weight is 259 g/mol. The van der Waals surface area contributed by atoms with E-state index < -0.39 is 0 Å². The Morgan fingerprint density at radius 1 is 1.05 bits per heavy atom. The normalized spacial score (nSPS) is 13.8. The summed E-state index contributed by atoms with van der Waals surface area (Å²) in [6.45, 7) is 2.12. The highest BCUT2D eigenvalue weighted by atomic mass is 15.0. The largest absolute Gasteiger partial charge is 0.296 e. The van der Waals surface area contributed by atoms with E-state index in [2.05, 4.69) is 40.6 Å². The Morgan fingerprint density at radius 2 is 2.00 bits per heavy atom. The van der Waals surface area contributed by atoms with Crippen LogP contribution >= 0.6 is 0 Å². The molecule has 0 saturated heterocycles. The minimum absolute atomic E-state index is 1.06. The smallest absolute Gasteiger partial charge is 0.147 e. The van der Waals surface area contributed by atoms with Gasteiger partial charge in [0, 0.05) is 28.9 Å². The summed E-state index contributed by atoms with van der Waals surface area (Å²) in [5.41, 5.74) is 6.33. The standard InChI is InChI=1S/C17H13N3/c1-10-15-6-5-11-3-2-4-13-12-7-8-18-9-14(12)17(19-10)20(15)16(11)13/h2-4,7-9H,5-6H2,1H3. The Bertz CT molecular complexity index is 1010. The summed E-state index contributed by atoms with van der Waals surface area (Å²) in [5.74, 6) is 0. The lowest BCUT2D eigenvalue weighted by molar-refractivity contribution is 0.866. The van der Waals surface area contributed by atoms with Gasteiger partial charge >= 0.3 is 0 Å². The summed E-state index contributed by atoms with van der Waals surface area (Å²) in [7, 11) is 0. The Hall–Kier alpha value is -2.42. The number of benzene rings is 1. The van der Waals surface area contributed by atoms with Crippen LogP contribution in [0.3, 0.4) is 0 Å². The summed E-state index contributed by atoms with van der Waals surface area (Å²) in [5, 5.41) is 3.71. The lowest BCUT2D eigenvalue weighted by Gasteiger charge is -2.18. The molecule has 3 nitrogen and oxygen atoms in total. The van der Waals surface area contributed by atoms with Crippen LogP contribution in [0.5, 0.6) is 0 Å². The molecule has 1 aromatic carbocycles. The fourth-order valence-electron chi connectivity index (χ4n) is 3.61. The number of hydrogen-bond acceptors (Lipinski definition) is 2. The van der Waals surface area contributed by atoms with Gasteiger partial charge in [0.2, 0.25) is 0 Å². The van der Waals surface area contributed by atoms with Gasteiger partial charge < -0.3 is 0 Å². The molecule has 0 fully saturated rings. The van der Waals surface area contributed by atoms with Gasteiger partial charge in [0.1, 0.15) is 5.65 Å². The lowest BCUT2D eigenvalue weighted by Crippen LogP contribution is -2.07. The van der Waals surface area contributed by atoms with Crippen molar-refractivity contribution < 1.29 is 0 Å². The molecule has 1 aliphatic rings. The number of rotatable bonds is 0. The Balaban J connectivity index is 2.26. The number of aryl methyl sites for hydroxylation is 3. The molecule has 1 aliphatic heterocycles. The summed E-state index contributed by atoms with van der Waals surface area (Å²) in [6, 6.07) is 8.73. The Labute approximate surface area is 115 Å². The van der Waals surface area contributed by atoms with Crippen LogP contribution < -0.4 is 0 Å². The van der Waals surface area contributed by atoms with E-state index >= 15 is 0 Å². The number of para-hydroxylation sites is 1. The summed E-state index contributed by atoms with van der Waals surface area (Å²) in [4.78, 5) is 9.11. The van der Waals surface area contributed by atoms with Gasteiger partial charge in [0.25, 0.3) is 0 Å². The van der Waals surface area contributed by atoms with Gasteiger partial charge in [0.15, 0.2) is 0 Å². The second-order valence-corrected chi connectivity index (χ2v) is 5.54. The predicted octanol–water partition coefficient (Wildman–Crippen LogP) is 3.44. The van der Waals surface area contributed by atoms with Crippen molar-refractivity contribution in [1.29, 1.82) is 0 Å². The number of fused-ring (bicyclic) bond motifs is 3. The van der Waals surface area contributed by atoms with Gasteiger partial charge in [0.05, 0.1) is 11.2 Å². The molecule has 0 unspecified atom stereocenters. The van der Waals surface area contributed by atoms with Gasteiger partial charge in [-0.15, -0.1) is 0 Å². The first kappa shape index (κ1) is 10.4. The molecule has 0 bridgehead atoms. The first-order valence-corrected chi connectivity index (χ1v) is 7.00. The highest BCUT2D eigenvalue weighted by Crippen LogP contribution is 2.35. The van der Waals surface area contributed by atoms with Crippen LogP contribution in [-0.2, 0) is 12.8 Å². The fraction of sp³-hybridized carbons (Fsp3) is 0.176. The zero-order valence-corrected chi connectivity index (χ0v) is 11.2. The zero-order valence-electron chi connectivity index (χ0n) is 11.2. The van der Waals surface area contributed by atoms with Crippen molar-refractivity contribution >= 4 is 27.3 Å². The summed E-state index contributed by atoms with van der Waals surface area (Å²) < 4.78 is 2.35. The molecule has 0 atom stereocenters. The van der Waals surface area contributed by atoms with Crippen LogP contribution in [-0.4, -0.2) is 14.4 Å². The van der Waals surface area contributed by atoms with Gasteiger partial charge in [-0.3, -0.25) is 9.38 Å². The van der Waals surface area contributed by atoms with Crippen molar-refractivity contribution in [2.45, 2.75) is 19.8 Å². The van der Waals surface area contributed by atoms with E-state index in [9.17, 15) is 0 Å². The van der Waals surface area contributed by atoms with E-state index in [4.69, 9.17) is 4.98 Å². The lowest BCUT2D eigenvalue weighted by atomic mass is 9.97. The van der Waals surface area contributed by atoms with E-state index in [1.807, 2.05) is 12.4 Å². The number of imidazole rings is 1. The number of aromatic nitrogens is 3. The third-order valence-electron chi connectivity index (χ3n) is 4.50. The number of pyridine rings is 2. The monoisotopic (exact) mass is 259 g/mol. The van der Waals surface area contributed by atoms with E-state index in [1.54, 1.807) is 0 Å². The number of hydrogen-bond donors (Lipinski definition) is 0. The Kier molecular flexibility index (Phi) is 1.75. The van der Waals surface area contributed by atoms with Crippen LogP contribution in [0.1, 0.15) is 17.0 Å². The molecule has 0 saturated carbocycles. The molecule has 0 radical (unpaired) electrons. The van der Waals surface area contributed by atoms with Crippen LogP contribution in [0.4, 0.5) is 0 Å². The molecule has 4 heterocycles. The zero-order chi connectivity index (χ0) is 13.3. The molecular formula is C17H13N3. The van der Waals surface area contributed by atoms with E-state index in [-0.39, 0.29) is 0 Å². The molecule has 0 spiro atoms. The third-order valence-corrected chi connectivity index (χ3v) is 4.50. The van der Waals surface area contributed by atoms with Crippen LogP contribution in [0.2, 0.25) is 0 Å². The maximum absolute atomic E-state index is 4.82. The highest BCUT2D eigenvalue weighted by molar-refractivity contribution is 6.12. The van der Waals surface area contributed by atoms with Gasteiger partial charge in [-0.25, -0.2) is 4.98 Å². The minimum atomic E-state index is 1.06. The molecular weight excluding hydrogens is 246 g/mol. The van der Waals surface area contributed by atoms with E-state index in [0.717, 1.165) is 29.6 Å². The topological polar surface area (TPSA) is 30.2 Å². The predicted molar refractivity (Wildman–Crippen MR) is 80.1 cm³/mol. The maximum atomic E-state index is 4.82. The van der Waals surface area contributed by atoms with Crippen LogP contribution in [0.25, 0.3) is 27.3 Å². The van der Waals surface area contributed by atoms with Crippen molar-refractivity contribution in [3.63, 3.8) is 0 Å². The van der Waals surface area contributed by atoms with Gasteiger partial charge in [-0.2, -0.15) is 0 Å². The van der Waals surface area contributed by atoms with E-state index in [1.165, 1.54) is 27.5 Å². The van der Waals surface area contributed by atoms with Crippen molar-refractivity contribution in [2.75, 3.05) is 0 Å². The second-order valence-electron chi connectivity index (χ2n) is 5.54. The van der Waals surface area contributed by atoms with Crippen LogP contribution in [0, 0.1) is 6.92 Å². The molecule has 0 N–H and O–H groups in total. The first-order chi connectivity index (χ1) is 9.84. The highest BCUT2D eigenvalue weighted by Gasteiger charge is 2.21. The van der Waals surface area contributed by atoms with Gasteiger partial charge in [-0.05, 0) is 36.8 Å². The SMILES string of the molecule is Cc1nc2c3cnccc3c3cccc4c3n2c1CC4. The Morgan fingerprint density at radius 3 is 2.95 bits per heavy atom. The van der Waals surface area contributed by atoms with Gasteiger partial charge in [-0.1, -0.05) is 18.2 Å². The maximum Gasteiger partial charge on any atom is 0.147 e. The van der Waals surface area contributed by atoms with Crippen LogP contribution in [0.15, 0.2) is 36.7 Å². The molecule has 3 heteroatoms. The molecule has 96 valence electrons. The molecule has 3 aromatic heterocycles. The quantitative estimate of drug-likeness (QED) is 0.453. The minimum Gasteiger partial charge on any atom is -0.296 e. The van der Waals surface area contributed by atoms with Crippen molar-refractivity contribution in [3.8, 4) is 0 Å². The fourth-order valence-corrected chi connectivity index (χ4v) is 3.61. The summed E-state index contributed by atoms with van der Waals surface area (Å²) in [6.07, 6.45) is 5.99. The molecule has 20 heavy (non-hydrogen) atoms. The van der Waals surface area contributed by atoms with Crippen molar-refractivity contribution in [3.05, 3.63) is 53.6 Å². The second kappa shape index (κ2) is 3.37. The van der Waals surface area contributed by atoms with E-state index in [0.29, 0.717) is 0 Å². The average Bonchev–Trinajstić information content (AvgIpc) is 2.84. The third kappa shape index (κ3) is 1.07.